The molecule has 0 amide bonds. The molecule has 25 heavy (non-hydrogen) atoms. The normalized spacial score (nSPS) is 27.0. The first-order valence-corrected chi connectivity index (χ1v) is 9.29. The molecular weight excluding hydrogens is 316 g/mol. The van der Waals surface area contributed by atoms with Crippen molar-refractivity contribution >= 4 is 6.08 Å². The van der Waals surface area contributed by atoms with Crippen molar-refractivity contribution < 1.29 is 14.9 Å². The Kier molecular flexibility index (Phi) is 6.48. The monoisotopic (exact) mass is 346 g/mol. The van der Waals surface area contributed by atoms with Gasteiger partial charge in [-0.25, -0.2) is 0 Å². The maximum absolute atomic E-state index is 10.5. The first-order chi connectivity index (χ1) is 12.2. The topological polar surface area (TPSA) is 56.2 Å². The van der Waals surface area contributed by atoms with Crippen LogP contribution in [0.5, 0.6) is 5.75 Å². The molecule has 2 aliphatic rings. The summed E-state index contributed by atoms with van der Waals surface area (Å²) < 4.78 is 5.17. The molecule has 0 saturated carbocycles. The van der Waals surface area contributed by atoms with E-state index in [0.29, 0.717) is 0 Å². The fraction of sp³-hybridized carbons (Fsp3) is 0.600. The third-order valence-electron chi connectivity index (χ3n) is 5.39. The summed E-state index contributed by atoms with van der Waals surface area (Å²) in [6, 6.07) is 8.26. The average Bonchev–Trinajstić information content (AvgIpc) is 2.63. The number of benzene rings is 1. The van der Waals surface area contributed by atoms with Crippen LogP contribution in [-0.4, -0.2) is 78.1 Å². The molecule has 0 radical (unpaired) electrons. The van der Waals surface area contributed by atoms with Crippen LogP contribution in [0.2, 0.25) is 0 Å². The number of methoxy groups -OCH3 is 1. The first kappa shape index (κ1) is 18.4. The zero-order valence-corrected chi connectivity index (χ0v) is 15.1. The lowest BCUT2D eigenvalue weighted by atomic mass is 9.96. The number of rotatable bonds is 5. The molecule has 2 fully saturated rings. The van der Waals surface area contributed by atoms with E-state index in [1.807, 2.05) is 24.3 Å². The lowest BCUT2D eigenvalue weighted by Crippen LogP contribution is -2.56. The van der Waals surface area contributed by atoms with Gasteiger partial charge in [-0.2, -0.15) is 0 Å². The minimum absolute atomic E-state index is 0.156. The van der Waals surface area contributed by atoms with Crippen LogP contribution in [0.3, 0.4) is 0 Å². The highest BCUT2D eigenvalue weighted by atomic mass is 16.5. The van der Waals surface area contributed by atoms with Crippen molar-refractivity contribution in [2.24, 2.45) is 0 Å². The van der Waals surface area contributed by atoms with Gasteiger partial charge < -0.3 is 14.9 Å². The fourth-order valence-corrected chi connectivity index (χ4v) is 3.85. The number of aliphatic hydroxyl groups excluding tert-OH is 2. The van der Waals surface area contributed by atoms with Crippen LogP contribution in [-0.2, 0) is 0 Å². The molecule has 5 heteroatoms. The molecule has 3 rings (SSSR count). The molecule has 1 aromatic rings. The largest absolute Gasteiger partial charge is 0.497 e. The zero-order chi connectivity index (χ0) is 17.6. The van der Waals surface area contributed by atoms with Gasteiger partial charge >= 0.3 is 0 Å². The Bertz CT molecular complexity index is 553. The van der Waals surface area contributed by atoms with Gasteiger partial charge in [-0.05, 0) is 37.0 Å². The number of β-amino-alcohol motifs (C(OH)–C–C–N with tert-alkyl or cyclic N) is 1. The molecule has 0 aromatic heterocycles. The van der Waals surface area contributed by atoms with Crippen LogP contribution in [0.25, 0.3) is 6.08 Å². The molecular formula is C20H30N2O3. The van der Waals surface area contributed by atoms with E-state index in [1.165, 1.54) is 0 Å². The highest BCUT2D eigenvalue weighted by molar-refractivity contribution is 5.50. The van der Waals surface area contributed by atoms with Crippen LogP contribution < -0.4 is 4.74 Å². The lowest BCUT2D eigenvalue weighted by Gasteiger charge is -2.43. The van der Waals surface area contributed by atoms with Gasteiger partial charge in [0.2, 0.25) is 0 Å². The van der Waals surface area contributed by atoms with Crippen LogP contribution in [0.4, 0.5) is 0 Å². The number of nitrogens with zero attached hydrogens (tertiary/aromatic N) is 2. The predicted octanol–water partition coefficient (Wildman–Crippen LogP) is 1.60. The number of hydrogen-bond donors (Lipinski definition) is 2. The van der Waals surface area contributed by atoms with Gasteiger partial charge in [0, 0.05) is 38.8 Å². The average molecular weight is 346 g/mol. The molecule has 2 aliphatic heterocycles. The van der Waals surface area contributed by atoms with Crippen LogP contribution >= 0.6 is 0 Å². The van der Waals surface area contributed by atoms with Crippen LogP contribution in [0.15, 0.2) is 30.3 Å². The van der Waals surface area contributed by atoms with Crippen molar-refractivity contribution in [3.8, 4) is 5.75 Å². The Morgan fingerprint density at radius 3 is 2.44 bits per heavy atom. The summed E-state index contributed by atoms with van der Waals surface area (Å²) in [4.78, 5) is 4.67. The van der Waals surface area contributed by atoms with E-state index in [4.69, 9.17) is 4.74 Å². The van der Waals surface area contributed by atoms with E-state index < -0.39 is 0 Å². The van der Waals surface area contributed by atoms with E-state index in [1.54, 1.807) is 7.11 Å². The Hall–Kier alpha value is -1.40. The highest BCUT2D eigenvalue weighted by Crippen LogP contribution is 2.21. The number of hydrogen-bond acceptors (Lipinski definition) is 5. The molecule has 2 atom stereocenters. The summed E-state index contributed by atoms with van der Waals surface area (Å²) in [5.74, 6) is 0.868. The summed E-state index contributed by atoms with van der Waals surface area (Å²) in [6.07, 6.45) is 6.47. The molecule has 5 nitrogen and oxygen atoms in total. The summed E-state index contributed by atoms with van der Waals surface area (Å²) in [7, 11) is 1.67. The Labute approximate surface area is 150 Å². The molecule has 2 N–H and O–H groups in total. The number of likely N-dealkylation sites (tertiary alicyclic amines) is 2. The Balaban J connectivity index is 1.45. The van der Waals surface area contributed by atoms with Crippen molar-refractivity contribution in [1.82, 2.24) is 9.80 Å². The third-order valence-corrected chi connectivity index (χ3v) is 5.39. The maximum Gasteiger partial charge on any atom is 0.118 e. The molecule has 1 aromatic carbocycles. The van der Waals surface area contributed by atoms with Gasteiger partial charge in [-0.3, -0.25) is 9.80 Å². The molecule has 0 aliphatic carbocycles. The van der Waals surface area contributed by atoms with Gasteiger partial charge in [-0.15, -0.1) is 0 Å². The first-order valence-electron chi connectivity index (χ1n) is 9.29. The van der Waals surface area contributed by atoms with Gasteiger partial charge in [0.1, 0.15) is 5.75 Å². The minimum Gasteiger partial charge on any atom is -0.497 e. The van der Waals surface area contributed by atoms with E-state index in [2.05, 4.69) is 22.0 Å². The summed E-state index contributed by atoms with van der Waals surface area (Å²) in [5.41, 5.74) is 1.16. The number of aliphatic hydroxyl groups is 2. The second kappa shape index (κ2) is 8.81. The summed E-state index contributed by atoms with van der Waals surface area (Å²) >= 11 is 0. The van der Waals surface area contributed by atoms with Crippen molar-refractivity contribution in [2.45, 2.75) is 37.5 Å². The third kappa shape index (κ3) is 5.05. The summed E-state index contributed by atoms with van der Waals surface area (Å²) in [6.45, 7) is 4.39. The molecule has 0 unspecified atom stereocenters. The maximum atomic E-state index is 10.5. The van der Waals surface area contributed by atoms with E-state index in [9.17, 15) is 10.2 Å². The standard InChI is InChI=1S/C20H30N2O3/c1-25-18-6-4-16(5-7-18)3-2-11-21-12-10-19(20(24)15-21)22-13-8-17(23)9-14-22/h2-7,17,19-20,23-24H,8-15H2,1H3/t19-,20-/m1/s1. The SMILES string of the molecule is COc1ccc(C=CCN2CC[C@@H](N3CCC(O)CC3)[C@H](O)C2)cc1. The van der Waals surface area contributed by atoms with Gasteiger partial charge in [-0.1, -0.05) is 24.3 Å². The molecule has 0 spiro atoms. The summed E-state index contributed by atoms with van der Waals surface area (Å²) in [5, 5.41) is 20.2. The quantitative estimate of drug-likeness (QED) is 0.848. The molecule has 2 heterocycles. The zero-order valence-electron chi connectivity index (χ0n) is 15.1. The van der Waals surface area contributed by atoms with Crippen LogP contribution in [0.1, 0.15) is 24.8 Å². The van der Waals surface area contributed by atoms with Crippen LogP contribution in [0, 0.1) is 0 Å². The second-order valence-corrected chi connectivity index (χ2v) is 7.13. The van der Waals surface area contributed by atoms with Gasteiger partial charge in [0.25, 0.3) is 0 Å². The minimum atomic E-state index is -0.307. The highest BCUT2D eigenvalue weighted by Gasteiger charge is 2.33. The van der Waals surface area contributed by atoms with Gasteiger partial charge in [0.15, 0.2) is 0 Å². The van der Waals surface area contributed by atoms with Crippen molar-refractivity contribution in [3.63, 3.8) is 0 Å². The lowest BCUT2D eigenvalue weighted by molar-refractivity contribution is -0.0314. The second-order valence-electron chi connectivity index (χ2n) is 7.13. The van der Waals surface area contributed by atoms with Crippen molar-refractivity contribution in [1.29, 1.82) is 0 Å². The fourth-order valence-electron chi connectivity index (χ4n) is 3.85. The van der Waals surface area contributed by atoms with E-state index >= 15 is 0 Å². The molecule has 2 saturated heterocycles. The van der Waals surface area contributed by atoms with Gasteiger partial charge in [0.05, 0.1) is 19.3 Å². The predicted molar refractivity (Wildman–Crippen MR) is 99.7 cm³/mol. The van der Waals surface area contributed by atoms with E-state index in [0.717, 1.165) is 63.3 Å². The smallest absolute Gasteiger partial charge is 0.118 e. The number of ether oxygens (including phenoxy) is 1. The Morgan fingerprint density at radius 2 is 1.80 bits per heavy atom. The number of piperidine rings is 2. The van der Waals surface area contributed by atoms with E-state index in [-0.39, 0.29) is 18.2 Å². The molecule has 0 bridgehead atoms. The molecule has 138 valence electrons. The van der Waals surface area contributed by atoms with Crippen molar-refractivity contribution in [2.75, 3.05) is 39.8 Å². The Morgan fingerprint density at radius 1 is 1.08 bits per heavy atom. The van der Waals surface area contributed by atoms with Crippen molar-refractivity contribution in [3.05, 3.63) is 35.9 Å².